The zero-order valence-corrected chi connectivity index (χ0v) is 13.2. The molecule has 19 heavy (non-hydrogen) atoms. The fourth-order valence-corrected chi connectivity index (χ4v) is 2.27. The molecule has 1 rings (SSSR count). The number of nitrogens with zero attached hydrogens (tertiary/aromatic N) is 1. The lowest BCUT2D eigenvalue weighted by molar-refractivity contribution is 0.415. The molecule has 0 aliphatic rings. The smallest absolute Gasteiger partial charge is 0.144 e. The van der Waals surface area contributed by atoms with Gasteiger partial charge < -0.3 is 4.74 Å². The highest BCUT2D eigenvalue weighted by Gasteiger charge is 2.12. The Bertz CT molecular complexity index is 449. The minimum Gasteiger partial charge on any atom is -0.494 e. The van der Waals surface area contributed by atoms with Crippen LogP contribution >= 0.6 is 0 Å². The SMILES string of the molecule is CCCC(=Nc1c(C)cc(C)cc1OC)C(C)CC. The zero-order valence-electron chi connectivity index (χ0n) is 13.2. The number of methoxy groups -OCH3 is 1. The van der Waals surface area contributed by atoms with Crippen molar-refractivity contribution < 1.29 is 4.74 Å². The van der Waals surface area contributed by atoms with E-state index in [1.807, 2.05) is 0 Å². The Hall–Kier alpha value is -1.31. The third-order valence-corrected chi connectivity index (χ3v) is 3.57. The lowest BCUT2D eigenvalue weighted by Crippen LogP contribution is -2.09. The molecule has 0 N–H and O–H groups in total. The summed E-state index contributed by atoms with van der Waals surface area (Å²) >= 11 is 0. The van der Waals surface area contributed by atoms with Gasteiger partial charge in [0.2, 0.25) is 0 Å². The van der Waals surface area contributed by atoms with Crippen LogP contribution in [0.25, 0.3) is 0 Å². The van der Waals surface area contributed by atoms with Crippen LogP contribution in [0.2, 0.25) is 0 Å². The maximum Gasteiger partial charge on any atom is 0.144 e. The van der Waals surface area contributed by atoms with E-state index >= 15 is 0 Å². The summed E-state index contributed by atoms with van der Waals surface area (Å²) in [6.45, 7) is 10.9. The Morgan fingerprint density at radius 1 is 1.26 bits per heavy atom. The largest absolute Gasteiger partial charge is 0.494 e. The molecule has 2 heteroatoms. The molecule has 1 aromatic carbocycles. The van der Waals surface area contributed by atoms with Gasteiger partial charge in [-0.2, -0.15) is 0 Å². The number of rotatable bonds is 6. The fraction of sp³-hybridized carbons (Fsp3) is 0.588. The summed E-state index contributed by atoms with van der Waals surface area (Å²) in [5.74, 6) is 1.42. The van der Waals surface area contributed by atoms with Crippen LogP contribution in [0.3, 0.4) is 0 Å². The fourth-order valence-electron chi connectivity index (χ4n) is 2.27. The topological polar surface area (TPSA) is 21.6 Å². The highest BCUT2D eigenvalue weighted by Crippen LogP contribution is 2.33. The highest BCUT2D eigenvalue weighted by molar-refractivity contribution is 5.89. The Balaban J connectivity index is 3.26. The van der Waals surface area contributed by atoms with E-state index in [0.29, 0.717) is 5.92 Å². The van der Waals surface area contributed by atoms with Crippen LogP contribution in [-0.2, 0) is 0 Å². The second-order valence-electron chi connectivity index (χ2n) is 5.30. The normalized spacial score (nSPS) is 13.5. The molecule has 0 aliphatic carbocycles. The molecule has 2 nitrogen and oxygen atoms in total. The Morgan fingerprint density at radius 3 is 2.47 bits per heavy atom. The monoisotopic (exact) mass is 261 g/mol. The molecule has 1 atom stereocenters. The number of ether oxygens (including phenoxy) is 1. The first kappa shape index (κ1) is 15.7. The summed E-state index contributed by atoms with van der Waals surface area (Å²) in [4.78, 5) is 4.92. The summed E-state index contributed by atoms with van der Waals surface area (Å²) in [6, 6.07) is 4.23. The van der Waals surface area contributed by atoms with E-state index in [1.54, 1.807) is 7.11 Å². The maximum absolute atomic E-state index is 5.49. The van der Waals surface area contributed by atoms with Crippen LogP contribution < -0.4 is 4.74 Å². The lowest BCUT2D eigenvalue weighted by atomic mass is 9.98. The van der Waals surface area contributed by atoms with Crippen molar-refractivity contribution in [1.29, 1.82) is 0 Å². The third kappa shape index (κ3) is 4.09. The van der Waals surface area contributed by atoms with Crippen molar-refractivity contribution >= 4 is 11.4 Å². The van der Waals surface area contributed by atoms with Crippen LogP contribution in [-0.4, -0.2) is 12.8 Å². The van der Waals surface area contributed by atoms with Crippen LogP contribution in [0.1, 0.15) is 51.2 Å². The van der Waals surface area contributed by atoms with Gasteiger partial charge in [0.05, 0.1) is 7.11 Å². The molecule has 0 heterocycles. The van der Waals surface area contributed by atoms with E-state index < -0.39 is 0 Å². The molecular weight excluding hydrogens is 234 g/mol. The number of aryl methyl sites for hydroxylation is 2. The van der Waals surface area contributed by atoms with Crippen molar-refractivity contribution in [2.75, 3.05) is 7.11 Å². The van der Waals surface area contributed by atoms with E-state index in [9.17, 15) is 0 Å². The van der Waals surface area contributed by atoms with Gasteiger partial charge in [-0.15, -0.1) is 0 Å². The van der Waals surface area contributed by atoms with Gasteiger partial charge in [0.25, 0.3) is 0 Å². The molecule has 0 radical (unpaired) electrons. The van der Waals surface area contributed by atoms with E-state index in [4.69, 9.17) is 9.73 Å². The third-order valence-electron chi connectivity index (χ3n) is 3.57. The Labute approximate surface area is 117 Å². The predicted octanol–water partition coefficient (Wildman–Crippen LogP) is 5.23. The molecular formula is C17H27NO. The molecule has 0 amide bonds. The number of benzene rings is 1. The van der Waals surface area contributed by atoms with Gasteiger partial charge in [-0.1, -0.05) is 33.3 Å². The summed E-state index contributed by atoms with van der Waals surface area (Å²) in [6.07, 6.45) is 3.33. The molecule has 1 aromatic rings. The van der Waals surface area contributed by atoms with Crippen molar-refractivity contribution in [1.82, 2.24) is 0 Å². The summed E-state index contributed by atoms with van der Waals surface area (Å²) in [5, 5.41) is 0. The summed E-state index contributed by atoms with van der Waals surface area (Å²) in [7, 11) is 1.72. The second-order valence-corrected chi connectivity index (χ2v) is 5.30. The minimum atomic E-state index is 0.533. The first-order valence-electron chi connectivity index (χ1n) is 7.26. The van der Waals surface area contributed by atoms with E-state index in [1.165, 1.54) is 16.8 Å². The van der Waals surface area contributed by atoms with Crippen molar-refractivity contribution in [3.05, 3.63) is 23.3 Å². The average molecular weight is 261 g/mol. The highest BCUT2D eigenvalue weighted by atomic mass is 16.5. The van der Waals surface area contributed by atoms with E-state index in [2.05, 4.69) is 46.8 Å². The first-order chi connectivity index (χ1) is 9.03. The van der Waals surface area contributed by atoms with Gasteiger partial charge in [-0.05, 0) is 49.8 Å². The lowest BCUT2D eigenvalue weighted by Gasteiger charge is -2.15. The van der Waals surface area contributed by atoms with E-state index in [0.717, 1.165) is 30.7 Å². The van der Waals surface area contributed by atoms with Gasteiger partial charge in [0.1, 0.15) is 11.4 Å². The zero-order chi connectivity index (χ0) is 14.4. The van der Waals surface area contributed by atoms with E-state index in [-0.39, 0.29) is 0 Å². The van der Waals surface area contributed by atoms with Gasteiger partial charge in [-0.25, -0.2) is 0 Å². The van der Waals surface area contributed by atoms with Crippen LogP contribution in [0.15, 0.2) is 17.1 Å². The molecule has 0 spiro atoms. The molecule has 0 fully saturated rings. The number of hydrogen-bond acceptors (Lipinski definition) is 2. The molecule has 0 aromatic heterocycles. The van der Waals surface area contributed by atoms with Crippen molar-refractivity contribution in [2.24, 2.45) is 10.9 Å². The molecule has 106 valence electrons. The first-order valence-corrected chi connectivity index (χ1v) is 7.26. The van der Waals surface area contributed by atoms with Crippen molar-refractivity contribution in [3.8, 4) is 5.75 Å². The molecule has 0 bridgehead atoms. The van der Waals surface area contributed by atoms with Gasteiger partial charge in [0.15, 0.2) is 0 Å². The van der Waals surface area contributed by atoms with Crippen molar-refractivity contribution in [2.45, 2.75) is 53.9 Å². The second kappa shape index (κ2) is 7.32. The molecule has 0 saturated carbocycles. The van der Waals surface area contributed by atoms with Gasteiger partial charge in [0, 0.05) is 5.71 Å². The quantitative estimate of drug-likeness (QED) is 0.642. The number of hydrogen-bond donors (Lipinski definition) is 0. The summed E-state index contributed by atoms with van der Waals surface area (Å²) < 4.78 is 5.49. The standard InChI is InChI=1S/C17H27NO/c1-7-9-15(13(4)8-2)18-17-14(5)10-12(3)11-16(17)19-6/h10-11,13H,7-9H2,1-6H3. The minimum absolute atomic E-state index is 0.533. The molecule has 0 aliphatic heterocycles. The van der Waals surface area contributed by atoms with Crippen LogP contribution in [0, 0.1) is 19.8 Å². The maximum atomic E-state index is 5.49. The predicted molar refractivity (Wildman–Crippen MR) is 83.9 cm³/mol. The van der Waals surface area contributed by atoms with Crippen LogP contribution in [0.5, 0.6) is 5.75 Å². The van der Waals surface area contributed by atoms with Crippen LogP contribution in [0.4, 0.5) is 5.69 Å². The van der Waals surface area contributed by atoms with Gasteiger partial charge in [-0.3, -0.25) is 4.99 Å². The summed E-state index contributed by atoms with van der Waals surface area (Å²) in [5.41, 5.74) is 4.69. The Kier molecular flexibility index (Phi) is 6.07. The molecule has 1 unspecified atom stereocenters. The molecule has 0 saturated heterocycles. The average Bonchev–Trinajstić information content (AvgIpc) is 2.39. The number of aliphatic imine (C=N–C) groups is 1. The Morgan fingerprint density at radius 2 is 1.95 bits per heavy atom. The van der Waals surface area contributed by atoms with Gasteiger partial charge >= 0.3 is 0 Å². The van der Waals surface area contributed by atoms with Crippen molar-refractivity contribution in [3.63, 3.8) is 0 Å².